The lowest BCUT2D eigenvalue weighted by atomic mass is 10.1. The van der Waals surface area contributed by atoms with Crippen LogP contribution in [0, 0.1) is 6.92 Å². The van der Waals surface area contributed by atoms with Crippen molar-refractivity contribution >= 4 is 5.91 Å². The molecule has 0 spiro atoms. The van der Waals surface area contributed by atoms with Gasteiger partial charge in [0.15, 0.2) is 0 Å². The van der Waals surface area contributed by atoms with E-state index in [1.165, 1.54) is 0 Å². The second-order valence-electron chi connectivity index (χ2n) is 7.10. The minimum atomic E-state index is -0.156. The molecule has 144 valence electrons. The summed E-state index contributed by atoms with van der Waals surface area (Å²) in [5.41, 5.74) is 3.04. The van der Waals surface area contributed by atoms with E-state index in [1.807, 2.05) is 54.3 Å². The maximum Gasteiger partial charge on any atom is 0.249 e. The molecular formula is C22H23N3O3. The molecule has 0 N–H and O–H groups in total. The van der Waals surface area contributed by atoms with Crippen molar-refractivity contribution < 1.29 is 14.1 Å². The Morgan fingerprint density at radius 1 is 1.25 bits per heavy atom. The van der Waals surface area contributed by atoms with Crippen LogP contribution in [-0.2, 0) is 11.2 Å². The molecule has 0 radical (unpaired) electrons. The zero-order chi connectivity index (χ0) is 19.5. The molecular weight excluding hydrogens is 354 g/mol. The molecule has 0 saturated carbocycles. The van der Waals surface area contributed by atoms with Crippen LogP contribution in [0.15, 0.2) is 53.1 Å². The molecule has 4 rings (SSSR count). The first-order chi connectivity index (χ1) is 13.6. The van der Waals surface area contributed by atoms with Crippen LogP contribution in [0.2, 0.25) is 0 Å². The first-order valence-corrected chi connectivity index (χ1v) is 9.47. The summed E-state index contributed by atoms with van der Waals surface area (Å²) in [7, 11) is 1.63. The molecule has 2 heterocycles. The Hall–Kier alpha value is -3.15. The van der Waals surface area contributed by atoms with Crippen LogP contribution in [0.25, 0.3) is 11.4 Å². The number of aromatic nitrogens is 2. The lowest BCUT2D eigenvalue weighted by Crippen LogP contribution is -2.32. The van der Waals surface area contributed by atoms with E-state index in [1.54, 1.807) is 7.11 Å². The maximum absolute atomic E-state index is 12.9. The van der Waals surface area contributed by atoms with Gasteiger partial charge in [-0.15, -0.1) is 0 Å². The summed E-state index contributed by atoms with van der Waals surface area (Å²) in [6.07, 6.45) is 2.16. The molecule has 0 bridgehead atoms. The zero-order valence-corrected chi connectivity index (χ0v) is 16.1. The van der Waals surface area contributed by atoms with Gasteiger partial charge in [-0.2, -0.15) is 4.98 Å². The van der Waals surface area contributed by atoms with Crippen molar-refractivity contribution in [2.45, 2.75) is 32.2 Å². The van der Waals surface area contributed by atoms with Gasteiger partial charge in [0.25, 0.3) is 0 Å². The Bertz CT molecular complexity index is 965. The third kappa shape index (κ3) is 3.76. The number of ether oxygens (including phenoxy) is 1. The van der Waals surface area contributed by atoms with Crippen molar-refractivity contribution in [1.82, 2.24) is 15.0 Å². The number of rotatable bonds is 5. The number of carbonyl (C=O) groups is 1. The third-order valence-electron chi connectivity index (χ3n) is 5.09. The summed E-state index contributed by atoms with van der Waals surface area (Å²) >= 11 is 0. The van der Waals surface area contributed by atoms with Crippen molar-refractivity contribution in [3.05, 3.63) is 65.5 Å². The predicted octanol–water partition coefficient (Wildman–Crippen LogP) is 3.96. The normalized spacial score (nSPS) is 16.4. The Kier molecular flexibility index (Phi) is 5.10. The Balaban J connectivity index is 1.50. The lowest BCUT2D eigenvalue weighted by molar-refractivity contribution is -0.131. The number of benzene rings is 2. The fourth-order valence-electron chi connectivity index (χ4n) is 3.65. The standard InChI is InChI=1S/C22H23N3O3/c1-15-5-3-6-16(13-15)14-20(26)25-12-4-7-19(25)22-23-21(24-28-22)17-8-10-18(27-2)11-9-17/h3,5-6,8-11,13,19H,4,7,12,14H2,1-2H3/t19-/m1/s1. The number of aryl methyl sites for hydroxylation is 1. The highest BCUT2D eigenvalue weighted by Crippen LogP contribution is 2.32. The molecule has 1 amide bonds. The second kappa shape index (κ2) is 7.84. The zero-order valence-electron chi connectivity index (χ0n) is 16.1. The fraction of sp³-hybridized carbons (Fsp3) is 0.318. The monoisotopic (exact) mass is 377 g/mol. The van der Waals surface area contributed by atoms with E-state index in [0.717, 1.165) is 41.8 Å². The largest absolute Gasteiger partial charge is 0.497 e. The van der Waals surface area contributed by atoms with Gasteiger partial charge in [-0.05, 0) is 49.6 Å². The summed E-state index contributed by atoms with van der Waals surface area (Å²) < 4.78 is 10.7. The molecule has 0 unspecified atom stereocenters. The van der Waals surface area contributed by atoms with E-state index in [0.29, 0.717) is 18.1 Å². The van der Waals surface area contributed by atoms with Crippen molar-refractivity contribution in [3.8, 4) is 17.1 Å². The first-order valence-electron chi connectivity index (χ1n) is 9.47. The van der Waals surface area contributed by atoms with Gasteiger partial charge in [0.2, 0.25) is 17.6 Å². The summed E-state index contributed by atoms with van der Waals surface area (Å²) in [6.45, 7) is 2.75. The van der Waals surface area contributed by atoms with Crippen LogP contribution in [0.5, 0.6) is 5.75 Å². The van der Waals surface area contributed by atoms with Crippen molar-refractivity contribution in [1.29, 1.82) is 0 Å². The van der Waals surface area contributed by atoms with Crippen molar-refractivity contribution in [3.63, 3.8) is 0 Å². The number of amides is 1. The average molecular weight is 377 g/mol. The minimum Gasteiger partial charge on any atom is -0.497 e. The van der Waals surface area contributed by atoms with Crippen LogP contribution in [0.4, 0.5) is 0 Å². The van der Waals surface area contributed by atoms with E-state index in [4.69, 9.17) is 9.26 Å². The number of methoxy groups -OCH3 is 1. The van der Waals surface area contributed by atoms with Gasteiger partial charge in [0.1, 0.15) is 11.8 Å². The van der Waals surface area contributed by atoms with Gasteiger partial charge >= 0.3 is 0 Å². The van der Waals surface area contributed by atoms with Crippen LogP contribution < -0.4 is 4.74 Å². The Morgan fingerprint density at radius 3 is 2.82 bits per heavy atom. The number of likely N-dealkylation sites (tertiary alicyclic amines) is 1. The molecule has 1 fully saturated rings. The molecule has 1 aliphatic rings. The van der Waals surface area contributed by atoms with Gasteiger partial charge in [0, 0.05) is 12.1 Å². The quantitative estimate of drug-likeness (QED) is 0.673. The van der Waals surface area contributed by atoms with Gasteiger partial charge in [-0.3, -0.25) is 4.79 Å². The van der Waals surface area contributed by atoms with E-state index in [9.17, 15) is 4.79 Å². The van der Waals surface area contributed by atoms with E-state index >= 15 is 0 Å². The predicted molar refractivity (Wildman–Crippen MR) is 105 cm³/mol. The number of hydrogen-bond donors (Lipinski definition) is 0. The molecule has 6 nitrogen and oxygen atoms in total. The highest BCUT2D eigenvalue weighted by Gasteiger charge is 2.34. The second-order valence-corrected chi connectivity index (χ2v) is 7.10. The summed E-state index contributed by atoms with van der Waals surface area (Å²) in [4.78, 5) is 19.3. The van der Waals surface area contributed by atoms with Crippen LogP contribution in [0.3, 0.4) is 0 Å². The molecule has 1 aliphatic heterocycles. The van der Waals surface area contributed by atoms with E-state index < -0.39 is 0 Å². The average Bonchev–Trinajstić information content (AvgIpc) is 3.37. The molecule has 2 aromatic carbocycles. The van der Waals surface area contributed by atoms with Gasteiger partial charge in [-0.25, -0.2) is 0 Å². The number of carbonyl (C=O) groups excluding carboxylic acids is 1. The number of nitrogens with zero attached hydrogens (tertiary/aromatic N) is 3. The Morgan fingerprint density at radius 2 is 2.07 bits per heavy atom. The van der Waals surface area contributed by atoms with Gasteiger partial charge in [0.05, 0.1) is 13.5 Å². The summed E-state index contributed by atoms with van der Waals surface area (Å²) in [6, 6.07) is 15.4. The summed E-state index contributed by atoms with van der Waals surface area (Å²) in [5, 5.41) is 4.11. The Labute approximate surface area is 164 Å². The molecule has 1 aromatic heterocycles. The molecule has 6 heteroatoms. The minimum absolute atomic E-state index is 0.0947. The first kappa shape index (κ1) is 18.2. The van der Waals surface area contributed by atoms with Gasteiger partial charge in [-0.1, -0.05) is 35.0 Å². The van der Waals surface area contributed by atoms with Crippen LogP contribution in [0.1, 0.15) is 35.9 Å². The topological polar surface area (TPSA) is 68.5 Å². The molecule has 1 atom stereocenters. The van der Waals surface area contributed by atoms with Crippen LogP contribution in [-0.4, -0.2) is 34.6 Å². The summed E-state index contributed by atoms with van der Waals surface area (Å²) in [5.74, 6) is 1.89. The molecule has 3 aromatic rings. The fourth-order valence-corrected chi connectivity index (χ4v) is 3.65. The maximum atomic E-state index is 12.9. The SMILES string of the molecule is COc1ccc(-c2noc([C@H]3CCCN3C(=O)Cc3cccc(C)c3)n2)cc1. The van der Waals surface area contributed by atoms with Crippen molar-refractivity contribution in [2.24, 2.45) is 0 Å². The van der Waals surface area contributed by atoms with Gasteiger partial charge < -0.3 is 14.2 Å². The smallest absolute Gasteiger partial charge is 0.249 e. The molecule has 28 heavy (non-hydrogen) atoms. The van der Waals surface area contributed by atoms with E-state index in [2.05, 4.69) is 16.2 Å². The van der Waals surface area contributed by atoms with Crippen LogP contribution >= 0.6 is 0 Å². The van der Waals surface area contributed by atoms with E-state index in [-0.39, 0.29) is 11.9 Å². The lowest BCUT2D eigenvalue weighted by Gasteiger charge is -2.22. The third-order valence-corrected chi connectivity index (χ3v) is 5.09. The number of hydrogen-bond acceptors (Lipinski definition) is 5. The van der Waals surface area contributed by atoms with Crippen molar-refractivity contribution in [2.75, 3.05) is 13.7 Å². The molecule has 1 saturated heterocycles. The highest BCUT2D eigenvalue weighted by atomic mass is 16.5. The molecule has 0 aliphatic carbocycles. The highest BCUT2D eigenvalue weighted by molar-refractivity contribution is 5.79.